The molecule has 1 fully saturated rings. The van der Waals surface area contributed by atoms with Gasteiger partial charge in [0.15, 0.2) is 0 Å². The van der Waals surface area contributed by atoms with Crippen LogP contribution in [0.2, 0.25) is 0 Å². The molecule has 178 valence electrons. The molecular formula is C26H29N3O4S. The standard InChI is InChI=1S/C26H29N3O4S/c1-20-8-14-23(15-9-20)34(31,32)27(2)22-12-10-21(11-13-22)26(30)29-18-16-28(17-19-29)24-6-4-5-7-25(24)33-3/h4-15H,16-19H2,1-3H3. The predicted molar refractivity (Wildman–Crippen MR) is 134 cm³/mol. The molecule has 1 aliphatic rings. The highest BCUT2D eigenvalue weighted by Gasteiger charge is 2.25. The third-order valence-corrected chi connectivity index (χ3v) is 7.95. The van der Waals surface area contributed by atoms with Gasteiger partial charge in [-0.25, -0.2) is 8.42 Å². The fourth-order valence-electron chi connectivity index (χ4n) is 4.05. The molecule has 0 radical (unpaired) electrons. The summed E-state index contributed by atoms with van der Waals surface area (Å²) >= 11 is 0. The first kappa shape index (κ1) is 23.6. The number of amides is 1. The molecular weight excluding hydrogens is 450 g/mol. The number of aryl methyl sites for hydroxylation is 1. The van der Waals surface area contributed by atoms with Crippen LogP contribution in [0.1, 0.15) is 15.9 Å². The van der Waals surface area contributed by atoms with Crippen molar-refractivity contribution >= 4 is 27.3 Å². The number of ether oxygens (including phenoxy) is 1. The fourth-order valence-corrected chi connectivity index (χ4v) is 5.24. The highest BCUT2D eigenvalue weighted by Crippen LogP contribution is 2.29. The zero-order valence-electron chi connectivity index (χ0n) is 19.6. The number of anilines is 2. The molecule has 3 aromatic carbocycles. The van der Waals surface area contributed by atoms with E-state index in [1.54, 1.807) is 55.6 Å². The lowest BCUT2D eigenvalue weighted by molar-refractivity contribution is 0.0746. The summed E-state index contributed by atoms with van der Waals surface area (Å²) in [6, 6.07) is 21.3. The molecule has 3 aromatic rings. The largest absolute Gasteiger partial charge is 0.495 e. The van der Waals surface area contributed by atoms with Crippen molar-refractivity contribution in [2.75, 3.05) is 49.5 Å². The van der Waals surface area contributed by atoms with Gasteiger partial charge in [-0.2, -0.15) is 0 Å². The second-order valence-corrected chi connectivity index (χ2v) is 10.3. The van der Waals surface area contributed by atoms with Gasteiger partial charge in [0.2, 0.25) is 0 Å². The molecule has 1 heterocycles. The van der Waals surface area contributed by atoms with Crippen molar-refractivity contribution in [2.45, 2.75) is 11.8 Å². The van der Waals surface area contributed by atoms with Crippen LogP contribution in [0, 0.1) is 6.92 Å². The zero-order valence-corrected chi connectivity index (χ0v) is 20.5. The number of hydrogen-bond donors (Lipinski definition) is 0. The van der Waals surface area contributed by atoms with Gasteiger partial charge in [-0.3, -0.25) is 9.10 Å². The van der Waals surface area contributed by atoms with E-state index in [0.29, 0.717) is 37.4 Å². The minimum absolute atomic E-state index is 0.0599. The van der Waals surface area contributed by atoms with Crippen molar-refractivity contribution in [3.8, 4) is 5.75 Å². The first-order chi connectivity index (χ1) is 16.3. The van der Waals surface area contributed by atoms with E-state index >= 15 is 0 Å². The minimum atomic E-state index is -3.68. The van der Waals surface area contributed by atoms with Gasteiger partial charge in [-0.05, 0) is 55.5 Å². The van der Waals surface area contributed by atoms with Crippen LogP contribution in [0.15, 0.2) is 77.7 Å². The lowest BCUT2D eigenvalue weighted by atomic mass is 10.1. The number of hydrogen-bond acceptors (Lipinski definition) is 5. The molecule has 0 aromatic heterocycles. The van der Waals surface area contributed by atoms with E-state index in [1.165, 1.54) is 11.4 Å². The van der Waals surface area contributed by atoms with Crippen molar-refractivity contribution in [1.29, 1.82) is 0 Å². The van der Waals surface area contributed by atoms with Crippen molar-refractivity contribution in [3.63, 3.8) is 0 Å². The number of methoxy groups -OCH3 is 1. The molecule has 0 N–H and O–H groups in total. The van der Waals surface area contributed by atoms with Gasteiger partial charge in [0.25, 0.3) is 15.9 Å². The molecule has 4 rings (SSSR count). The molecule has 0 unspecified atom stereocenters. The Morgan fingerprint density at radius 2 is 1.50 bits per heavy atom. The maximum atomic E-state index is 13.0. The number of nitrogens with zero attached hydrogens (tertiary/aromatic N) is 3. The summed E-state index contributed by atoms with van der Waals surface area (Å²) in [5, 5.41) is 0. The second-order valence-electron chi connectivity index (χ2n) is 8.28. The predicted octanol–water partition coefficient (Wildman–Crippen LogP) is 3.79. The quantitative estimate of drug-likeness (QED) is 0.538. The Labute approximate surface area is 201 Å². The third-order valence-electron chi connectivity index (χ3n) is 6.15. The monoisotopic (exact) mass is 479 g/mol. The topological polar surface area (TPSA) is 70.2 Å². The number of benzene rings is 3. The van der Waals surface area contributed by atoms with Crippen molar-refractivity contribution < 1.29 is 17.9 Å². The van der Waals surface area contributed by atoms with Crippen LogP contribution in [0.25, 0.3) is 0 Å². The third kappa shape index (κ3) is 4.72. The lowest BCUT2D eigenvalue weighted by Gasteiger charge is -2.36. The highest BCUT2D eigenvalue weighted by atomic mass is 32.2. The molecule has 7 nitrogen and oxygen atoms in total. The lowest BCUT2D eigenvalue weighted by Crippen LogP contribution is -2.48. The molecule has 0 aliphatic carbocycles. The normalized spacial score (nSPS) is 14.1. The Morgan fingerprint density at radius 1 is 0.882 bits per heavy atom. The van der Waals surface area contributed by atoms with E-state index in [4.69, 9.17) is 4.74 Å². The van der Waals surface area contributed by atoms with Gasteiger partial charge in [0.05, 0.1) is 23.4 Å². The molecule has 1 amide bonds. The maximum absolute atomic E-state index is 13.0. The number of rotatable bonds is 6. The van der Waals surface area contributed by atoms with Gasteiger partial charge in [-0.1, -0.05) is 29.8 Å². The Hall–Kier alpha value is -3.52. The van der Waals surface area contributed by atoms with Crippen molar-refractivity contribution in [3.05, 3.63) is 83.9 Å². The first-order valence-corrected chi connectivity index (χ1v) is 12.6. The number of carbonyl (C=O) groups is 1. The summed E-state index contributed by atoms with van der Waals surface area (Å²) in [5.41, 5.74) is 3.06. The average Bonchev–Trinajstić information content (AvgIpc) is 2.88. The molecule has 0 atom stereocenters. The van der Waals surface area contributed by atoms with Gasteiger partial charge in [0.1, 0.15) is 5.75 Å². The van der Waals surface area contributed by atoms with Gasteiger partial charge < -0.3 is 14.5 Å². The zero-order chi connectivity index (χ0) is 24.3. The van der Waals surface area contributed by atoms with Gasteiger partial charge in [0, 0.05) is 38.8 Å². The summed E-state index contributed by atoms with van der Waals surface area (Å²) in [7, 11) is -0.503. The Morgan fingerprint density at radius 3 is 2.12 bits per heavy atom. The van der Waals surface area contributed by atoms with E-state index in [9.17, 15) is 13.2 Å². The fraction of sp³-hybridized carbons (Fsp3) is 0.269. The molecule has 1 saturated heterocycles. The smallest absolute Gasteiger partial charge is 0.264 e. The van der Waals surface area contributed by atoms with E-state index in [2.05, 4.69) is 4.90 Å². The second kappa shape index (κ2) is 9.77. The molecule has 0 spiro atoms. The first-order valence-electron chi connectivity index (χ1n) is 11.1. The van der Waals surface area contributed by atoms with Crippen LogP contribution in [0.4, 0.5) is 11.4 Å². The van der Waals surface area contributed by atoms with Crippen LogP contribution in [-0.2, 0) is 10.0 Å². The Bertz CT molecular complexity index is 1250. The summed E-state index contributed by atoms with van der Waals surface area (Å²) < 4.78 is 32.6. The van der Waals surface area contributed by atoms with Crippen LogP contribution in [0.5, 0.6) is 5.75 Å². The van der Waals surface area contributed by atoms with Crippen LogP contribution in [0.3, 0.4) is 0 Å². The molecule has 34 heavy (non-hydrogen) atoms. The van der Waals surface area contributed by atoms with Crippen molar-refractivity contribution in [1.82, 2.24) is 4.90 Å². The van der Waals surface area contributed by atoms with Crippen LogP contribution >= 0.6 is 0 Å². The van der Waals surface area contributed by atoms with Crippen LogP contribution in [-0.4, -0.2) is 59.6 Å². The maximum Gasteiger partial charge on any atom is 0.264 e. The van der Waals surface area contributed by atoms with E-state index in [0.717, 1.165) is 17.0 Å². The van der Waals surface area contributed by atoms with Gasteiger partial charge >= 0.3 is 0 Å². The van der Waals surface area contributed by atoms with E-state index in [-0.39, 0.29) is 10.8 Å². The number of carbonyl (C=O) groups excluding carboxylic acids is 1. The summed E-state index contributed by atoms with van der Waals surface area (Å²) in [6.07, 6.45) is 0. The molecule has 0 saturated carbocycles. The average molecular weight is 480 g/mol. The summed E-state index contributed by atoms with van der Waals surface area (Å²) in [6.45, 7) is 4.53. The van der Waals surface area contributed by atoms with Gasteiger partial charge in [-0.15, -0.1) is 0 Å². The summed E-state index contributed by atoms with van der Waals surface area (Å²) in [5.74, 6) is 0.762. The number of para-hydroxylation sites is 2. The van der Waals surface area contributed by atoms with Crippen LogP contribution < -0.4 is 13.9 Å². The van der Waals surface area contributed by atoms with Crippen molar-refractivity contribution in [2.24, 2.45) is 0 Å². The molecule has 8 heteroatoms. The molecule has 1 aliphatic heterocycles. The minimum Gasteiger partial charge on any atom is -0.495 e. The van der Waals surface area contributed by atoms with E-state index in [1.807, 2.05) is 36.1 Å². The molecule has 0 bridgehead atoms. The Kier molecular flexibility index (Phi) is 6.79. The van der Waals surface area contributed by atoms with E-state index < -0.39 is 10.0 Å². The number of sulfonamides is 1. The summed E-state index contributed by atoms with van der Waals surface area (Å²) in [4.78, 5) is 17.3. The SMILES string of the molecule is COc1ccccc1N1CCN(C(=O)c2ccc(N(C)S(=O)(=O)c3ccc(C)cc3)cc2)CC1. The number of piperazine rings is 1. The highest BCUT2D eigenvalue weighted by molar-refractivity contribution is 7.92. The Balaban J connectivity index is 1.42.